The summed E-state index contributed by atoms with van der Waals surface area (Å²) < 4.78 is 2.75. The van der Waals surface area contributed by atoms with Crippen LogP contribution in [0.3, 0.4) is 0 Å². The molecule has 4 heteroatoms. The monoisotopic (exact) mass is 488 g/mol. The third-order valence-corrected chi connectivity index (χ3v) is 12.8. The number of hydrogen-bond donors (Lipinski definition) is 0. The molecule has 3 aliphatic rings. The molecular weight excluding hydrogens is 473 g/mol. The van der Waals surface area contributed by atoms with Crippen molar-refractivity contribution in [1.29, 1.82) is 0 Å². The van der Waals surface area contributed by atoms with Crippen LogP contribution in [0.2, 0.25) is 0 Å². The van der Waals surface area contributed by atoms with Gasteiger partial charge in [0.15, 0.2) is 0 Å². The van der Waals surface area contributed by atoms with Crippen molar-refractivity contribution in [3.63, 3.8) is 0 Å². The van der Waals surface area contributed by atoms with Crippen LogP contribution in [0.4, 0.5) is 0 Å². The molecule has 1 aromatic rings. The van der Waals surface area contributed by atoms with Gasteiger partial charge in [0.2, 0.25) is 0 Å². The Kier molecular flexibility index (Phi) is 5.52. The number of fused-ring (bicyclic) bond motifs is 2. The summed E-state index contributed by atoms with van der Waals surface area (Å²) in [6.07, 6.45) is 10.1. The van der Waals surface area contributed by atoms with E-state index < -0.39 is 22.9 Å². The van der Waals surface area contributed by atoms with Gasteiger partial charge in [0.25, 0.3) is 0 Å². The van der Waals surface area contributed by atoms with E-state index in [4.69, 9.17) is 0 Å². The van der Waals surface area contributed by atoms with Crippen molar-refractivity contribution < 1.29 is 47.7 Å². The van der Waals surface area contributed by atoms with Crippen LogP contribution in [0.1, 0.15) is 21.2 Å². The van der Waals surface area contributed by atoms with Crippen molar-refractivity contribution >= 4 is 14.0 Å². The molecule has 2 aliphatic carbocycles. The topological polar surface area (TPSA) is 0 Å². The van der Waals surface area contributed by atoms with Crippen LogP contribution >= 0.6 is 7.92 Å². The van der Waals surface area contributed by atoms with E-state index in [1.807, 2.05) is 8.64 Å². The molecule has 0 spiro atoms. The molecule has 1 fully saturated rings. The maximum atomic E-state index is 2.52. The third kappa shape index (κ3) is 2.68. The SMILES string of the molecule is CP1CC2=CC[C]([Hf+2][CH]3C=Cc4ccccc43)=C21.[Cl-].[Cl-]. The van der Waals surface area contributed by atoms with Crippen LogP contribution in [-0.4, -0.2) is 12.8 Å². The van der Waals surface area contributed by atoms with E-state index in [0.717, 1.165) is 3.67 Å². The minimum absolute atomic E-state index is 0. The molecule has 1 saturated heterocycles. The molecule has 20 heavy (non-hydrogen) atoms. The van der Waals surface area contributed by atoms with Crippen LogP contribution in [0.25, 0.3) is 6.08 Å². The Hall–Kier alpha value is 0.320. The minimum atomic E-state index is -0.705. The Bertz CT molecular complexity index is 619. The van der Waals surface area contributed by atoms with Gasteiger partial charge in [0.1, 0.15) is 0 Å². The van der Waals surface area contributed by atoms with Gasteiger partial charge in [-0.1, -0.05) is 0 Å². The molecule has 2 atom stereocenters. The Morgan fingerprint density at radius 2 is 2.00 bits per heavy atom. The van der Waals surface area contributed by atoms with E-state index in [1.165, 1.54) is 18.1 Å². The molecule has 1 aliphatic heterocycles. The fourth-order valence-electron chi connectivity index (χ4n) is 3.16. The Balaban J connectivity index is 0.000000735. The summed E-state index contributed by atoms with van der Waals surface area (Å²) in [5.74, 6) is 0. The predicted molar refractivity (Wildman–Crippen MR) is 75.7 cm³/mol. The van der Waals surface area contributed by atoms with Crippen molar-refractivity contribution in [1.82, 2.24) is 0 Å². The maximum absolute atomic E-state index is 2.52. The first kappa shape index (κ1) is 16.7. The molecule has 0 saturated carbocycles. The molecule has 0 bridgehead atoms. The summed E-state index contributed by atoms with van der Waals surface area (Å²) in [7, 11) is 0.251. The molecule has 0 nitrogen and oxygen atoms in total. The average Bonchev–Trinajstić information content (AvgIpc) is 2.91. The van der Waals surface area contributed by atoms with Gasteiger partial charge < -0.3 is 24.8 Å². The molecule has 0 radical (unpaired) electrons. The second-order valence-electron chi connectivity index (χ2n) is 5.23. The number of halogens is 2. The van der Waals surface area contributed by atoms with Gasteiger partial charge in [-0.25, -0.2) is 0 Å². The third-order valence-electron chi connectivity index (χ3n) is 4.06. The van der Waals surface area contributed by atoms with E-state index in [9.17, 15) is 0 Å². The molecule has 4 rings (SSSR count). The van der Waals surface area contributed by atoms with Crippen molar-refractivity contribution in [2.24, 2.45) is 0 Å². The van der Waals surface area contributed by atoms with Gasteiger partial charge in [0, 0.05) is 0 Å². The van der Waals surface area contributed by atoms with Crippen molar-refractivity contribution in [2.75, 3.05) is 12.8 Å². The van der Waals surface area contributed by atoms with Gasteiger partial charge in [0.05, 0.1) is 0 Å². The van der Waals surface area contributed by atoms with E-state index in [1.54, 1.807) is 11.1 Å². The first-order valence-corrected chi connectivity index (χ1v) is 12.3. The van der Waals surface area contributed by atoms with Crippen molar-refractivity contribution in [3.05, 3.63) is 61.8 Å². The fraction of sp³-hybridized carbons (Fsp3) is 0.250. The quantitative estimate of drug-likeness (QED) is 0.353. The summed E-state index contributed by atoms with van der Waals surface area (Å²) in [6.45, 7) is 2.47. The van der Waals surface area contributed by atoms with Crippen molar-refractivity contribution in [2.45, 2.75) is 10.1 Å². The van der Waals surface area contributed by atoms with E-state index in [2.05, 4.69) is 49.2 Å². The molecule has 0 N–H and O–H groups in total. The second kappa shape index (κ2) is 6.61. The number of rotatable bonds is 2. The van der Waals surface area contributed by atoms with Gasteiger partial charge in [-0.2, -0.15) is 0 Å². The second-order valence-corrected chi connectivity index (χ2v) is 12.8. The Morgan fingerprint density at radius 3 is 2.80 bits per heavy atom. The largest absolute Gasteiger partial charge is 1.00 e. The first-order chi connectivity index (χ1) is 8.83. The van der Waals surface area contributed by atoms with Crippen LogP contribution < -0.4 is 24.8 Å². The number of allylic oxidation sites excluding steroid dienone is 5. The first-order valence-electron chi connectivity index (χ1n) is 6.50. The molecular formula is C16H15Cl2HfP. The van der Waals surface area contributed by atoms with Crippen LogP contribution in [0.5, 0.6) is 0 Å². The maximum Gasteiger partial charge on any atom is -1.00 e. The standard InChI is InChI=1S/C9H7.C7H8P.2ClH.Hf/c1-2-5-9-7-3-6-8(9)4-1;1-8-5-6-3-2-4-7(6)8;;;/h1-7H;3H,2,5H2,1H3;2*1H;/q;;;;+2/p-2. The zero-order chi connectivity index (χ0) is 12.1. The molecule has 1 aromatic carbocycles. The molecule has 2 unspecified atom stereocenters. The predicted octanol–water partition coefficient (Wildman–Crippen LogP) is -1.49. The van der Waals surface area contributed by atoms with Crippen molar-refractivity contribution in [3.8, 4) is 0 Å². The molecule has 102 valence electrons. The van der Waals surface area contributed by atoms with Gasteiger partial charge in [-0.05, 0) is 0 Å². The summed E-state index contributed by atoms with van der Waals surface area (Å²) in [5.41, 5.74) is 4.81. The van der Waals surface area contributed by atoms with Gasteiger partial charge in [-0.3, -0.25) is 0 Å². The van der Waals surface area contributed by atoms with E-state index >= 15 is 0 Å². The average molecular weight is 488 g/mol. The fourth-order valence-corrected chi connectivity index (χ4v) is 13.0. The van der Waals surface area contributed by atoms with E-state index in [0.29, 0.717) is 0 Å². The summed E-state index contributed by atoms with van der Waals surface area (Å²) >= 11 is -0.705. The zero-order valence-electron chi connectivity index (χ0n) is 11.2. The number of benzene rings is 1. The molecule has 0 aromatic heterocycles. The summed E-state index contributed by atoms with van der Waals surface area (Å²) in [4.78, 5) is 0. The number of hydrogen-bond acceptors (Lipinski definition) is 0. The van der Waals surface area contributed by atoms with Crippen LogP contribution in [0.15, 0.2) is 50.6 Å². The van der Waals surface area contributed by atoms with Gasteiger partial charge in [-0.15, -0.1) is 0 Å². The van der Waals surface area contributed by atoms with Gasteiger partial charge >= 0.3 is 122 Å². The molecule has 1 heterocycles. The molecule has 0 amide bonds. The zero-order valence-corrected chi connectivity index (χ0v) is 17.2. The summed E-state index contributed by atoms with van der Waals surface area (Å²) in [5, 5.41) is 1.85. The Morgan fingerprint density at radius 1 is 1.20 bits per heavy atom. The minimum Gasteiger partial charge on any atom is -1.00 e. The normalized spacial score (nSPS) is 24.8. The Labute approximate surface area is 145 Å². The smallest absolute Gasteiger partial charge is 1.00 e. The van der Waals surface area contributed by atoms with Crippen LogP contribution in [0, 0.1) is 0 Å². The van der Waals surface area contributed by atoms with Crippen LogP contribution in [-0.2, 0) is 22.9 Å². The van der Waals surface area contributed by atoms with E-state index in [-0.39, 0.29) is 32.7 Å². The summed E-state index contributed by atoms with van der Waals surface area (Å²) in [6, 6.07) is 8.97.